The minimum atomic E-state index is -2.30. The van der Waals surface area contributed by atoms with Gasteiger partial charge in [0, 0.05) is 39.0 Å². The van der Waals surface area contributed by atoms with Crippen LogP contribution in [-0.2, 0) is 6.54 Å². The molecule has 21 heavy (non-hydrogen) atoms. The average molecular weight is 282 g/mol. The Morgan fingerprint density at radius 3 is 2.71 bits per heavy atom. The van der Waals surface area contributed by atoms with Gasteiger partial charge >= 0.3 is 0 Å². The van der Waals surface area contributed by atoms with Crippen molar-refractivity contribution in [2.75, 3.05) is 0 Å². The number of para-hydroxylation sites is 1. The van der Waals surface area contributed by atoms with Crippen LogP contribution in [0, 0.1) is 13.8 Å². The van der Waals surface area contributed by atoms with Gasteiger partial charge in [0.2, 0.25) is 0 Å². The van der Waals surface area contributed by atoms with Crippen LogP contribution in [-0.4, -0.2) is 19.6 Å². The van der Waals surface area contributed by atoms with E-state index in [9.17, 15) is 5.11 Å². The molecule has 4 nitrogen and oxygen atoms in total. The van der Waals surface area contributed by atoms with Crippen molar-refractivity contribution in [3.05, 3.63) is 65.7 Å². The van der Waals surface area contributed by atoms with Crippen LogP contribution >= 0.6 is 0 Å². The molecule has 0 aliphatic carbocycles. The lowest BCUT2D eigenvalue weighted by molar-refractivity contribution is 0.466. The van der Waals surface area contributed by atoms with Gasteiger partial charge in [0.05, 0.1) is 6.54 Å². The highest BCUT2D eigenvalue weighted by Gasteiger charge is 2.11. The van der Waals surface area contributed by atoms with Crippen LogP contribution in [0.2, 0.25) is 0 Å². The number of nitrogens with zero attached hydrogens (tertiary/aromatic N) is 3. The van der Waals surface area contributed by atoms with Gasteiger partial charge in [0.15, 0.2) is 0 Å². The predicted octanol–water partition coefficient (Wildman–Crippen LogP) is 3.32. The predicted molar refractivity (Wildman–Crippen MR) is 82.1 cm³/mol. The number of imidazole rings is 1. The van der Waals surface area contributed by atoms with Gasteiger partial charge in [-0.3, -0.25) is 4.98 Å². The summed E-state index contributed by atoms with van der Waals surface area (Å²) in [7, 11) is 0. The molecular weight excluding hydrogens is 262 g/mol. The summed E-state index contributed by atoms with van der Waals surface area (Å²) in [5.41, 5.74) is 2.35. The summed E-state index contributed by atoms with van der Waals surface area (Å²) in [5, 5.41) is 10.0. The maximum atomic E-state index is 10.0. The quantitative estimate of drug-likeness (QED) is 0.801. The molecule has 0 unspecified atom stereocenters. The first-order chi connectivity index (χ1) is 11.4. The van der Waals surface area contributed by atoms with Gasteiger partial charge in [-0.15, -0.1) is 0 Å². The third-order valence-electron chi connectivity index (χ3n) is 3.35. The van der Waals surface area contributed by atoms with E-state index in [4.69, 9.17) is 4.11 Å². The first kappa shape index (κ1) is 10.2. The van der Waals surface area contributed by atoms with Crippen molar-refractivity contribution in [3.8, 4) is 17.1 Å². The molecule has 0 atom stereocenters. The number of hydrogen-bond donors (Lipinski definition) is 1. The van der Waals surface area contributed by atoms with E-state index in [1.807, 2.05) is 19.1 Å². The molecule has 0 aliphatic rings. The first-order valence-corrected chi connectivity index (χ1v) is 6.62. The topological polar surface area (TPSA) is 50.9 Å². The standard InChI is InChI=1S/C17H17N3O/c1-12-7-8-14(10-18-12)17-19-9-13(2)20(17)11-15-5-3-4-6-16(15)21/h3-10,21H,11H2,1-2H3/i2D3. The second kappa shape index (κ2) is 5.40. The van der Waals surface area contributed by atoms with Gasteiger partial charge in [-0.2, -0.15) is 0 Å². The molecule has 1 N–H and O–H groups in total. The molecule has 0 bridgehead atoms. The van der Waals surface area contributed by atoms with Gasteiger partial charge in [-0.1, -0.05) is 18.2 Å². The number of hydrogen-bond acceptors (Lipinski definition) is 3. The molecule has 3 rings (SSSR count). The summed E-state index contributed by atoms with van der Waals surface area (Å²) in [6.45, 7) is -0.205. The normalized spacial score (nSPS) is 13.5. The summed E-state index contributed by atoms with van der Waals surface area (Å²) in [6, 6.07) is 10.6. The molecule has 2 aromatic heterocycles. The van der Waals surface area contributed by atoms with Crippen LogP contribution in [0.5, 0.6) is 5.75 Å². The summed E-state index contributed by atoms with van der Waals surface area (Å²) >= 11 is 0. The fourth-order valence-corrected chi connectivity index (χ4v) is 2.18. The van der Waals surface area contributed by atoms with Crippen LogP contribution in [0.15, 0.2) is 48.8 Å². The second-order valence-electron chi connectivity index (χ2n) is 4.87. The van der Waals surface area contributed by atoms with E-state index in [1.165, 1.54) is 6.20 Å². The van der Waals surface area contributed by atoms with E-state index in [2.05, 4.69) is 9.97 Å². The number of aromatic hydroxyl groups is 1. The molecule has 0 amide bonds. The molecule has 2 heterocycles. The number of benzene rings is 1. The first-order valence-electron chi connectivity index (χ1n) is 8.12. The Labute approximate surface area is 128 Å². The van der Waals surface area contributed by atoms with E-state index < -0.39 is 6.85 Å². The van der Waals surface area contributed by atoms with Gasteiger partial charge in [0.25, 0.3) is 0 Å². The summed E-state index contributed by atoms with van der Waals surface area (Å²) in [5.74, 6) is 0.632. The maximum absolute atomic E-state index is 10.0. The molecule has 1 aromatic carbocycles. The smallest absolute Gasteiger partial charge is 0.141 e. The summed E-state index contributed by atoms with van der Waals surface area (Å²) in [4.78, 5) is 8.54. The molecule has 0 radical (unpaired) electrons. The molecule has 0 saturated carbocycles. The van der Waals surface area contributed by atoms with Crippen LogP contribution < -0.4 is 0 Å². The third kappa shape index (κ3) is 2.65. The van der Waals surface area contributed by atoms with Crippen LogP contribution in [0.1, 0.15) is 21.1 Å². The number of phenolic OH excluding ortho intramolecular Hbond substituents is 1. The van der Waals surface area contributed by atoms with Crippen molar-refractivity contribution >= 4 is 0 Å². The van der Waals surface area contributed by atoms with E-state index in [0.29, 0.717) is 11.4 Å². The summed E-state index contributed by atoms with van der Waals surface area (Å²) < 4.78 is 24.8. The van der Waals surface area contributed by atoms with Crippen molar-refractivity contribution in [2.24, 2.45) is 0 Å². The lowest BCUT2D eigenvalue weighted by atomic mass is 10.2. The Morgan fingerprint density at radius 1 is 1.14 bits per heavy atom. The fraction of sp³-hybridized carbons (Fsp3) is 0.176. The van der Waals surface area contributed by atoms with Crippen LogP contribution in [0.3, 0.4) is 0 Å². The zero-order chi connectivity index (χ0) is 17.3. The Bertz CT molecular complexity index is 854. The molecule has 0 spiro atoms. The monoisotopic (exact) mass is 282 g/mol. The average Bonchev–Trinajstić information content (AvgIpc) is 2.94. The minimum Gasteiger partial charge on any atom is -0.508 e. The Hall–Kier alpha value is -2.62. The van der Waals surface area contributed by atoms with Crippen LogP contribution in [0.4, 0.5) is 0 Å². The van der Waals surface area contributed by atoms with E-state index in [-0.39, 0.29) is 18.0 Å². The molecule has 4 heteroatoms. The molecule has 0 aliphatic heterocycles. The van der Waals surface area contributed by atoms with Crippen molar-refractivity contribution in [3.63, 3.8) is 0 Å². The van der Waals surface area contributed by atoms with Crippen molar-refractivity contribution < 1.29 is 9.22 Å². The lowest BCUT2D eigenvalue weighted by Crippen LogP contribution is -2.04. The third-order valence-corrected chi connectivity index (χ3v) is 3.35. The number of aromatic nitrogens is 3. The molecular formula is C17H17N3O. The lowest BCUT2D eigenvalue weighted by Gasteiger charge is -2.11. The number of pyridine rings is 1. The van der Waals surface area contributed by atoms with Crippen molar-refractivity contribution in [1.82, 2.24) is 14.5 Å². The largest absolute Gasteiger partial charge is 0.508 e. The summed E-state index contributed by atoms with van der Waals surface area (Å²) in [6.07, 6.45) is 3.03. The van der Waals surface area contributed by atoms with E-state index in [1.54, 1.807) is 35.0 Å². The van der Waals surface area contributed by atoms with Gasteiger partial charge in [0.1, 0.15) is 11.6 Å². The van der Waals surface area contributed by atoms with Crippen molar-refractivity contribution in [1.29, 1.82) is 0 Å². The molecule has 3 aromatic rings. The highest BCUT2D eigenvalue weighted by atomic mass is 16.3. The van der Waals surface area contributed by atoms with Gasteiger partial charge in [-0.25, -0.2) is 4.98 Å². The van der Waals surface area contributed by atoms with Crippen LogP contribution in [0.25, 0.3) is 11.4 Å². The second-order valence-corrected chi connectivity index (χ2v) is 4.87. The highest BCUT2D eigenvalue weighted by molar-refractivity contribution is 5.55. The maximum Gasteiger partial charge on any atom is 0.141 e. The van der Waals surface area contributed by atoms with E-state index in [0.717, 1.165) is 11.3 Å². The zero-order valence-corrected chi connectivity index (χ0v) is 11.6. The molecule has 0 saturated heterocycles. The van der Waals surface area contributed by atoms with E-state index >= 15 is 0 Å². The zero-order valence-electron chi connectivity index (χ0n) is 14.6. The Kier molecular flexibility index (Phi) is 2.61. The molecule has 0 fully saturated rings. The number of aryl methyl sites for hydroxylation is 2. The SMILES string of the molecule is [2H]C([2H])([2H])c1cnc(-c2ccc(C)nc2)n1Cc1ccccc1O. The Morgan fingerprint density at radius 2 is 2.00 bits per heavy atom. The fourth-order valence-electron chi connectivity index (χ4n) is 2.18. The minimum absolute atomic E-state index is 0.121. The van der Waals surface area contributed by atoms with Gasteiger partial charge in [-0.05, 0) is 32.0 Å². The molecule has 106 valence electrons. The van der Waals surface area contributed by atoms with Gasteiger partial charge < -0.3 is 9.67 Å². The van der Waals surface area contributed by atoms with Crippen molar-refractivity contribution in [2.45, 2.75) is 20.3 Å². The number of rotatable bonds is 3. The Balaban J connectivity index is 2.12. The highest BCUT2D eigenvalue weighted by Crippen LogP contribution is 2.23. The number of phenols is 1.